The van der Waals surface area contributed by atoms with E-state index in [2.05, 4.69) is 26.1 Å². The smallest absolute Gasteiger partial charge is 0.232 e. The molecule has 0 aromatic heterocycles. The van der Waals surface area contributed by atoms with Crippen LogP contribution in [-0.2, 0) is 25.0 Å². The Hall–Kier alpha value is -1.60. The second-order valence-corrected chi connectivity index (χ2v) is 8.63. The molecule has 0 radical (unpaired) electrons. The topological polar surface area (TPSA) is 75.7 Å². The van der Waals surface area contributed by atoms with Gasteiger partial charge in [-0.15, -0.1) is 0 Å². The van der Waals surface area contributed by atoms with Crippen molar-refractivity contribution in [1.29, 1.82) is 0 Å². The van der Waals surface area contributed by atoms with Gasteiger partial charge in [-0.05, 0) is 23.1 Å². The van der Waals surface area contributed by atoms with E-state index in [0.29, 0.717) is 18.8 Å². The van der Waals surface area contributed by atoms with E-state index in [-0.39, 0.29) is 24.3 Å². The minimum absolute atomic E-state index is 0.00428. The predicted molar refractivity (Wildman–Crippen MR) is 96.8 cm³/mol. The van der Waals surface area contributed by atoms with Crippen LogP contribution in [-0.4, -0.2) is 47.4 Å². The van der Waals surface area contributed by atoms with Crippen molar-refractivity contribution in [2.45, 2.75) is 32.6 Å². The average molecular weight is 356 g/mol. The summed E-state index contributed by atoms with van der Waals surface area (Å²) < 4.78 is 30.2. The van der Waals surface area contributed by atoms with Crippen LogP contribution in [0.2, 0.25) is 0 Å². The highest BCUT2D eigenvalue weighted by atomic mass is 32.2. The van der Waals surface area contributed by atoms with Gasteiger partial charge < -0.3 is 10.1 Å². The number of hydrogen-bond donors (Lipinski definition) is 1. The van der Waals surface area contributed by atoms with Crippen LogP contribution in [0.15, 0.2) is 24.3 Å². The highest BCUT2D eigenvalue weighted by Crippen LogP contribution is 2.26. The van der Waals surface area contributed by atoms with Crippen molar-refractivity contribution in [2.75, 3.05) is 37.4 Å². The zero-order valence-electron chi connectivity index (χ0n) is 15.1. The molecule has 0 heterocycles. The molecule has 0 bridgehead atoms. The van der Waals surface area contributed by atoms with Gasteiger partial charge in [0.2, 0.25) is 15.9 Å². The Morgan fingerprint density at radius 1 is 1.21 bits per heavy atom. The average Bonchev–Trinajstić information content (AvgIpc) is 2.46. The molecule has 1 rings (SSSR count). The molecule has 0 atom stereocenters. The Kier molecular flexibility index (Phi) is 7.23. The van der Waals surface area contributed by atoms with Gasteiger partial charge in [-0.3, -0.25) is 9.10 Å². The number of nitrogens with one attached hydrogen (secondary N) is 1. The van der Waals surface area contributed by atoms with Crippen molar-refractivity contribution in [3.8, 4) is 0 Å². The number of nitrogens with zero attached hydrogens (tertiary/aromatic N) is 1. The van der Waals surface area contributed by atoms with Crippen molar-refractivity contribution in [3.63, 3.8) is 0 Å². The lowest BCUT2D eigenvalue weighted by Gasteiger charge is -2.24. The number of methoxy groups -OCH3 is 1. The predicted octanol–water partition coefficient (Wildman–Crippen LogP) is 1.90. The second kappa shape index (κ2) is 8.48. The van der Waals surface area contributed by atoms with Crippen LogP contribution in [0.25, 0.3) is 0 Å². The van der Waals surface area contributed by atoms with E-state index in [9.17, 15) is 13.2 Å². The highest BCUT2D eigenvalue weighted by molar-refractivity contribution is 7.92. The number of rotatable bonds is 8. The number of carbonyl (C=O) groups excluding carboxylic acids is 1. The van der Waals surface area contributed by atoms with Gasteiger partial charge in [0.05, 0.1) is 18.6 Å². The summed E-state index contributed by atoms with van der Waals surface area (Å²) in [4.78, 5) is 11.8. The first-order valence-electron chi connectivity index (χ1n) is 7.89. The Morgan fingerprint density at radius 2 is 1.79 bits per heavy atom. The third-order valence-corrected chi connectivity index (χ3v) is 4.79. The van der Waals surface area contributed by atoms with E-state index in [0.717, 1.165) is 11.8 Å². The molecule has 0 aliphatic rings. The summed E-state index contributed by atoms with van der Waals surface area (Å²) in [5, 5.41) is 2.69. The number of ether oxygens (including phenoxy) is 1. The van der Waals surface area contributed by atoms with E-state index in [1.807, 2.05) is 12.1 Å². The van der Waals surface area contributed by atoms with Gasteiger partial charge in [0.15, 0.2) is 0 Å². The van der Waals surface area contributed by atoms with E-state index in [1.165, 1.54) is 4.31 Å². The Morgan fingerprint density at radius 3 is 2.25 bits per heavy atom. The molecule has 0 saturated heterocycles. The fourth-order valence-electron chi connectivity index (χ4n) is 2.20. The van der Waals surface area contributed by atoms with E-state index < -0.39 is 10.0 Å². The molecule has 7 heteroatoms. The second-order valence-electron chi connectivity index (χ2n) is 6.72. The van der Waals surface area contributed by atoms with E-state index in [4.69, 9.17) is 4.74 Å². The third kappa shape index (κ3) is 6.49. The van der Waals surface area contributed by atoms with Crippen molar-refractivity contribution < 1.29 is 17.9 Å². The van der Waals surface area contributed by atoms with E-state index >= 15 is 0 Å². The molecule has 1 aromatic carbocycles. The minimum Gasteiger partial charge on any atom is -0.383 e. The molecular formula is C17H28N2O4S. The lowest BCUT2D eigenvalue weighted by Crippen LogP contribution is -2.35. The van der Waals surface area contributed by atoms with Gasteiger partial charge in [0, 0.05) is 26.6 Å². The van der Waals surface area contributed by atoms with Gasteiger partial charge in [0.1, 0.15) is 0 Å². The largest absolute Gasteiger partial charge is 0.383 e. The van der Waals surface area contributed by atoms with Crippen LogP contribution in [0.4, 0.5) is 5.69 Å². The SMILES string of the molecule is COCCNC(=O)CCN(c1ccc(C(C)(C)C)cc1)S(C)(=O)=O. The number of amides is 1. The number of anilines is 1. The molecule has 0 aliphatic heterocycles. The first-order valence-corrected chi connectivity index (χ1v) is 9.74. The Bertz CT molecular complexity index is 634. The zero-order valence-corrected chi connectivity index (χ0v) is 15.9. The first-order chi connectivity index (χ1) is 11.1. The summed E-state index contributed by atoms with van der Waals surface area (Å²) in [6.07, 6.45) is 1.24. The molecule has 0 unspecified atom stereocenters. The van der Waals surface area contributed by atoms with Gasteiger partial charge in [-0.1, -0.05) is 32.9 Å². The summed E-state index contributed by atoms with van der Waals surface area (Å²) in [5.74, 6) is -0.202. The molecule has 0 spiro atoms. The summed E-state index contributed by atoms with van der Waals surface area (Å²) in [6.45, 7) is 7.23. The van der Waals surface area contributed by atoms with Crippen molar-refractivity contribution >= 4 is 21.6 Å². The van der Waals surface area contributed by atoms with Crippen molar-refractivity contribution in [3.05, 3.63) is 29.8 Å². The molecule has 1 aromatic rings. The standard InChI is InChI=1S/C17H28N2O4S/c1-17(2,3)14-6-8-15(9-7-14)19(24(5,21)22)12-10-16(20)18-11-13-23-4/h6-9H,10-13H2,1-5H3,(H,18,20). The monoisotopic (exact) mass is 356 g/mol. The first kappa shape index (κ1) is 20.4. The third-order valence-electron chi connectivity index (χ3n) is 3.59. The molecule has 0 saturated carbocycles. The lowest BCUT2D eigenvalue weighted by atomic mass is 9.87. The normalized spacial score (nSPS) is 12.0. The fourth-order valence-corrected chi connectivity index (χ4v) is 3.13. The van der Waals surface area contributed by atoms with Gasteiger partial charge >= 0.3 is 0 Å². The molecule has 0 fully saturated rings. The van der Waals surface area contributed by atoms with Crippen LogP contribution < -0.4 is 9.62 Å². The van der Waals surface area contributed by atoms with Crippen LogP contribution in [0.3, 0.4) is 0 Å². The summed E-state index contributed by atoms with van der Waals surface area (Å²) in [6, 6.07) is 7.41. The molecule has 136 valence electrons. The Labute approximate surface area is 145 Å². The van der Waals surface area contributed by atoms with Gasteiger partial charge in [-0.25, -0.2) is 8.42 Å². The molecule has 1 N–H and O–H groups in total. The number of carbonyl (C=O) groups is 1. The molecule has 6 nitrogen and oxygen atoms in total. The quantitative estimate of drug-likeness (QED) is 0.722. The maximum absolute atomic E-state index is 12.1. The van der Waals surface area contributed by atoms with Crippen LogP contribution >= 0.6 is 0 Å². The molecular weight excluding hydrogens is 328 g/mol. The van der Waals surface area contributed by atoms with Gasteiger partial charge in [-0.2, -0.15) is 0 Å². The fraction of sp³-hybridized carbons (Fsp3) is 0.588. The molecule has 1 amide bonds. The highest BCUT2D eigenvalue weighted by Gasteiger charge is 2.20. The van der Waals surface area contributed by atoms with Crippen LogP contribution in [0, 0.1) is 0 Å². The van der Waals surface area contributed by atoms with Gasteiger partial charge in [0.25, 0.3) is 0 Å². The van der Waals surface area contributed by atoms with E-state index in [1.54, 1.807) is 19.2 Å². The Balaban J connectivity index is 2.82. The molecule has 24 heavy (non-hydrogen) atoms. The van der Waals surface area contributed by atoms with Crippen molar-refractivity contribution in [2.24, 2.45) is 0 Å². The minimum atomic E-state index is -3.46. The maximum Gasteiger partial charge on any atom is 0.232 e. The molecule has 0 aliphatic carbocycles. The lowest BCUT2D eigenvalue weighted by molar-refractivity contribution is -0.121. The summed E-state index contributed by atoms with van der Waals surface area (Å²) in [5.41, 5.74) is 1.68. The number of hydrogen-bond acceptors (Lipinski definition) is 4. The maximum atomic E-state index is 12.1. The van der Waals surface area contributed by atoms with Crippen LogP contribution in [0.5, 0.6) is 0 Å². The number of benzene rings is 1. The zero-order chi connectivity index (χ0) is 18.4. The number of sulfonamides is 1. The summed E-state index contributed by atoms with van der Waals surface area (Å²) in [7, 11) is -1.90. The van der Waals surface area contributed by atoms with Crippen LogP contribution in [0.1, 0.15) is 32.8 Å². The van der Waals surface area contributed by atoms with Crippen molar-refractivity contribution in [1.82, 2.24) is 5.32 Å². The summed E-state index contributed by atoms with van der Waals surface area (Å²) >= 11 is 0.